The average Bonchev–Trinajstić information content (AvgIpc) is 3.15. The molecular weight excluding hydrogens is 324 g/mol. The predicted molar refractivity (Wildman–Crippen MR) is 105 cm³/mol. The Morgan fingerprint density at radius 1 is 1.15 bits per heavy atom. The first kappa shape index (κ1) is 18.1. The van der Waals surface area contributed by atoms with Crippen LogP contribution in [0.5, 0.6) is 0 Å². The van der Waals surface area contributed by atoms with Gasteiger partial charge >= 0.3 is 5.97 Å². The fraction of sp³-hybridized carbons (Fsp3) is 0.273. The Hall–Kier alpha value is -2.72. The van der Waals surface area contributed by atoms with Crippen molar-refractivity contribution in [2.45, 2.75) is 19.8 Å². The van der Waals surface area contributed by atoms with Crippen LogP contribution in [-0.2, 0) is 4.79 Å². The van der Waals surface area contributed by atoms with E-state index in [1.165, 1.54) is 30.0 Å². The van der Waals surface area contributed by atoms with Gasteiger partial charge in [0.25, 0.3) is 0 Å². The Morgan fingerprint density at radius 2 is 1.92 bits per heavy atom. The minimum absolute atomic E-state index is 0.644. The maximum absolute atomic E-state index is 10.8. The van der Waals surface area contributed by atoms with Gasteiger partial charge in [-0.2, -0.15) is 0 Å². The van der Waals surface area contributed by atoms with Crippen molar-refractivity contribution in [3.8, 4) is 0 Å². The zero-order valence-electron chi connectivity index (χ0n) is 15.1. The molecule has 2 aromatic rings. The van der Waals surface area contributed by atoms with Crippen LogP contribution in [0.25, 0.3) is 11.6 Å². The molecule has 0 spiro atoms. The molecule has 0 atom stereocenters. The fourth-order valence-electron chi connectivity index (χ4n) is 3.26. The molecule has 0 saturated carbocycles. The Kier molecular flexibility index (Phi) is 5.97. The van der Waals surface area contributed by atoms with E-state index in [9.17, 15) is 4.79 Å². The predicted octanol–water partition coefficient (Wildman–Crippen LogP) is 4.02. The molecule has 4 heteroatoms. The molecule has 1 N–H and O–H groups in total. The van der Waals surface area contributed by atoms with Gasteiger partial charge in [-0.3, -0.25) is 4.90 Å². The molecule has 2 heterocycles. The third-order valence-electron chi connectivity index (χ3n) is 4.63. The molecule has 0 amide bonds. The number of aliphatic carboxylic acids is 1. The first-order valence-corrected chi connectivity index (χ1v) is 9.00. The van der Waals surface area contributed by atoms with Crippen LogP contribution < -0.4 is 0 Å². The Morgan fingerprint density at radius 3 is 2.65 bits per heavy atom. The molecule has 0 aliphatic carbocycles. The summed E-state index contributed by atoms with van der Waals surface area (Å²) in [6.07, 6.45) is 7.43. The molecule has 4 nitrogen and oxygen atoms in total. The highest BCUT2D eigenvalue weighted by Crippen LogP contribution is 2.25. The van der Waals surface area contributed by atoms with Crippen molar-refractivity contribution in [2.75, 3.05) is 19.6 Å². The minimum Gasteiger partial charge on any atom is -0.478 e. The maximum Gasteiger partial charge on any atom is 0.328 e. The summed E-state index contributed by atoms with van der Waals surface area (Å²) in [7, 11) is 0. The normalized spacial score (nSPS) is 15.7. The standard InChI is InChI=1S/C22H24N2O2/c1-17-7-2-3-9-19(17)20(13-16-24-14-4-5-15-24)21-10-6-8-18(23-21)11-12-22(25)26/h2-3,6-13H,4-5,14-16H2,1H3,(H,25,26)/b12-11+,20-13+. The highest BCUT2D eigenvalue weighted by molar-refractivity contribution is 5.85. The molecular formula is C22H24N2O2. The first-order valence-electron chi connectivity index (χ1n) is 9.00. The molecule has 0 unspecified atom stereocenters. The number of hydrogen-bond acceptors (Lipinski definition) is 3. The maximum atomic E-state index is 10.8. The topological polar surface area (TPSA) is 53.4 Å². The number of benzene rings is 1. The van der Waals surface area contributed by atoms with Crippen LogP contribution in [0.2, 0.25) is 0 Å². The summed E-state index contributed by atoms with van der Waals surface area (Å²) >= 11 is 0. The van der Waals surface area contributed by atoms with Crippen molar-refractivity contribution in [2.24, 2.45) is 0 Å². The third-order valence-corrected chi connectivity index (χ3v) is 4.63. The number of pyridine rings is 1. The van der Waals surface area contributed by atoms with E-state index in [1.807, 2.05) is 30.3 Å². The number of hydrogen-bond donors (Lipinski definition) is 1. The lowest BCUT2D eigenvalue weighted by molar-refractivity contribution is -0.131. The van der Waals surface area contributed by atoms with Crippen LogP contribution in [0.3, 0.4) is 0 Å². The van der Waals surface area contributed by atoms with E-state index in [-0.39, 0.29) is 0 Å². The minimum atomic E-state index is -0.971. The summed E-state index contributed by atoms with van der Waals surface area (Å²) < 4.78 is 0. The Labute approximate surface area is 154 Å². The molecule has 26 heavy (non-hydrogen) atoms. The highest BCUT2D eigenvalue weighted by Gasteiger charge is 2.13. The monoisotopic (exact) mass is 348 g/mol. The summed E-state index contributed by atoms with van der Waals surface area (Å²) in [5.74, 6) is -0.971. The van der Waals surface area contributed by atoms with Gasteiger partial charge in [0.15, 0.2) is 0 Å². The van der Waals surface area contributed by atoms with Gasteiger partial charge in [-0.1, -0.05) is 36.4 Å². The van der Waals surface area contributed by atoms with Gasteiger partial charge < -0.3 is 5.11 Å². The first-order chi connectivity index (χ1) is 12.6. The molecule has 0 bridgehead atoms. The molecule has 1 saturated heterocycles. The van der Waals surface area contributed by atoms with E-state index in [0.717, 1.165) is 37.0 Å². The second-order valence-corrected chi connectivity index (χ2v) is 6.56. The van der Waals surface area contributed by atoms with Crippen LogP contribution in [0.4, 0.5) is 0 Å². The SMILES string of the molecule is Cc1ccccc1/C(=C\CN1CCCC1)c1cccc(/C=C/C(=O)O)n1. The van der Waals surface area contributed by atoms with E-state index in [1.54, 1.807) is 0 Å². The lowest BCUT2D eigenvalue weighted by Crippen LogP contribution is -2.19. The lowest BCUT2D eigenvalue weighted by Gasteiger charge is -2.15. The molecule has 1 fully saturated rings. The van der Waals surface area contributed by atoms with Crippen LogP contribution >= 0.6 is 0 Å². The van der Waals surface area contributed by atoms with Gasteiger partial charge in [0.05, 0.1) is 11.4 Å². The molecule has 3 rings (SSSR count). The number of rotatable bonds is 6. The van der Waals surface area contributed by atoms with Crippen LogP contribution in [0, 0.1) is 6.92 Å². The summed E-state index contributed by atoms with van der Waals surface area (Å²) in [5.41, 5.74) is 4.98. The Balaban J connectivity index is 1.97. The van der Waals surface area contributed by atoms with Gasteiger partial charge in [-0.25, -0.2) is 9.78 Å². The van der Waals surface area contributed by atoms with E-state index in [2.05, 4.69) is 35.0 Å². The van der Waals surface area contributed by atoms with Gasteiger partial charge in [0, 0.05) is 18.2 Å². The van der Waals surface area contributed by atoms with Crippen molar-refractivity contribution >= 4 is 17.6 Å². The number of carboxylic acids is 1. The largest absolute Gasteiger partial charge is 0.478 e. The molecule has 1 aromatic heterocycles. The van der Waals surface area contributed by atoms with Crippen LogP contribution in [-0.4, -0.2) is 40.6 Å². The molecule has 134 valence electrons. The molecule has 1 aliphatic rings. The summed E-state index contributed by atoms with van der Waals surface area (Å²) in [4.78, 5) is 17.9. The van der Waals surface area contributed by atoms with E-state index < -0.39 is 5.97 Å². The van der Waals surface area contributed by atoms with Crippen molar-refractivity contribution < 1.29 is 9.90 Å². The number of carbonyl (C=O) groups is 1. The zero-order valence-corrected chi connectivity index (χ0v) is 15.1. The van der Waals surface area contributed by atoms with Gasteiger partial charge in [0.1, 0.15) is 0 Å². The second kappa shape index (κ2) is 8.59. The number of aromatic nitrogens is 1. The second-order valence-electron chi connectivity index (χ2n) is 6.56. The van der Waals surface area contributed by atoms with Crippen LogP contribution in [0.15, 0.2) is 54.6 Å². The lowest BCUT2D eigenvalue weighted by atomic mass is 9.97. The quantitative estimate of drug-likeness (QED) is 0.801. The number of nitrogens with zero attached hydrogens (tertiary/aromatic N) is 2. The van der Waals surface area contributed by atoms with Crippen molar-refractivity contribution in [3.05, 3.63) is 77.1 Å². The van der Waals surface area contributed by atoms with Gasteiger partial charge in [-0.15, -0.1) is 0 Å². The summed E-state index contributed by atoms with van der Waals surface area (Å²) in [6.45, 7) is 5.30. The van der Waals surface area contributed by atoms with E-state index >= 15 is 0 Å². The van der Waals surface area contributed by atoms with E-state index in [4.69, 9.17) is 5.11 Å². The van der Waals surface area contributed by atoms with Gasteiger partial charge in [0.2, 0.25) is 0 Å². The number of likely N-dealkylation sites (tertiary alicyclic amines) is 1. The molecule has 1 aromatic carbocycles. The summed E-state index contributed by atoms with van der Waals surface area (Å²) in [6, 6.07) is 14.0. The Bertz CT molecular complexity index is 834. The smallest absolute Gasteiger partial charge is 0.328 e. The summed E-state index contributed by atoms with van der Waals surface area (Å²) in [5, 5.41) is 8.84. The number of aryl methyl sites for hydroxylation is 1. The van der Waals surface area contributed by atoms with Gasteiger partial charge in [-0.05, 0) is 62.2 Å². The van der Waals surface area contributed by atoms with Crippen molar-refractivity contribution in [1.82, 2.24) is 9.88 Å². The van der Waals surface area contributed by atoms with Crippen molar-refractivity contribution in [1.29, 1.82) is 0 Å². The average molecular weight is 348 g/mol. The van der Waals surface area contributed by atoms with E-state index in [0.29, 0.717) is 5.69 Å². The van der Waals surface area contributed by atoms with Crippen molar-refractivity contribution in [3.63, 3.8) is 0 Å². The number of carboxylic acid groups (broad SMARTS) is 1. The van der Waals surface area contributed by atoms with Crippen LogP contribution in [0.1, 0.15) is 35.4 Å². The molecule has 1 aliphatic heterocycles. The fourth-order valence-corrected chi connectivity index (χ4v) is 3.26. The highest BCUT2D eigenvalue weighted by atomic mass is 16.4. The zero-order chi connectivity index (χ0) is 18.4. The third kappa shape index (κ3) is 4.67. The molecule has 0 radical (unpaired) electrons.